The SMILES string of the molecule is O=C(CSCc1c(F)cccc1Cl)NC1CCCC1. The van der Waals surface area contributed by atoms with Gasteiger partial charge in [-0.05, 0) is 25.0 Å². The molecule has 0 atom stereocenters. The van der Waals surface area contributed by atoms with Gasteiger partial charge < -0.3 is 5.32 Å². The Hall–Kier alpha value is -0.740. The topological polar surface area (TPSA) is 29.1 Å². The molecule has 0 saturated heterocycles. The number of carbonyl (C=O) groups is 1. The van der Waals surface area contributed by atoms with Gasteiger partial charge in [0.15, 0.2) is 0 Å². The first-order chi connectivity index (χ1) is 9.16. The highest BCUT2D eigenvalue weighted by Crippen LogP contribution is 2.24. The summed E-state index contributed by atoms with van der Waals surface area (Å²) in [7, 11) is 0. The van der Waals surface area contributed by atoms with Crippen molar-refractivity contribution < 1.29 is 9.18 Å². The van der Waals surface area contributed by atoms with Gasteiger partial charge in [-0.1, -0.05) is 30.5 Å². The van der Waals surface area contributed by atoms with Crippen molar-refractivity contribution in [3.8, 4) is 0 Å². The fourth-order valence-electron chi connectivity index (χ4n) is 2.26. The summed E-state index contributed by atoms with van der Waals surface area (Å²) < 4.78 is 13.5. The zero-order valence-electron chi connectivity index (χ0n) is 10.6. The summed E-state index contributed by atoms with van der Waals surface area (Å²) in [6, 6.07) is 4.98. The van der Waals surface area contributed by atoms with E-state index in [4.69, 9.17) is 11.6 Å². The van der Waals surface area contributed by atoms with Crippen molar-refractivity contribution in [2.75, 3.05) is 5.75 Å². The summed E-state index contributed by atoms with van der Waals surface area (Å²) in [5.74, 6) is 0.491. The molecule has 1 saturated carbocycles. The quantitative estimate of drug-likeness (QED) is 0.897. The third-order valence-corrected chi connectivity index (χ3v) is 4.57. The smallest absolute Gasteiger partial charge is 0.230 e. The molecule has 0 bridgehead atoms. The first-order valence-corrected chi connectivity index (χ1v) is 8.00. The summed E-state index contributed by atoms with van der Waals surface area (Å²) in [5.41, 5.74) is 0.475. The number of benzene rings is 1. The number of nitrogens with one attached hydrogen (secondary N) is 1. The maximum absolute atomic E-state index is 13.5. The third kappa shape index (κ3) is 4.39. The molecule has 2 rings (SSSR count). The zero-order chi connectivity index (χ0) is 13.7. The second kappa shape index (κ2) is 7.15. The van der Waals surface area contributed by atoms with E-state index in [9.17, 15) is 9.18 Å². The van der Waals surface area contributed by atoms with Gasteiger partial charge >= 0.3 is 0 Å². The highest BCUT2D eigenvalue weighted by atomic mass is 35.5. The van der Waals surface area contributed by atoms with Gasteiger partial charge in [-0.2, -0.15) is 0 Å². The number of carbonyl (C=O) groups excluding carboxylic acids is 1. The lowest BCUT2D eigenvalue weighted by Crippen LogP contribution is -2.33. The van der Waals surface area contributed by atoms with E-state index < -0.39 is 0 Å². The van der Waals surface area contributed by atoms with E-state index in [0.717, 1.165) is 12.8 Å². The molecular formula is C14H17ClFNOS. The van der Waals surface area contributed by atoms with Gasteiger partial charge in [0.05, 0.1) is 5.75 Å². The average molecular weight is 302 g/mol. The molecule has 19 heavy (non-hydrogen) atoms. The first-order valence-electron chi connectivity index (χ1n) is 6.47. The summed E-state index contributed by atoms with van der Waals surface area (Å²) in [6.07, 6.45) is 4.55. The van der Waals surface area contributed by atoms with Gasteiger partial charge in [0.2, 0.25) is 5.91 Å². The predicted molar refractivity (Wildman–Crippen MR) is 78.0 cm³/mol. The molecule has 1 aliphatic rings. The Kier molecular flexibility index (Phi) is 5.52. The monoisotopic (exact) mass is 301 g/mol. The highest BCUT2D eigenvalue weighted by Gasteiger charge is 2.17. The van der Waals surface area contributed by atoms with E-state index in [-0.39, 0.29) is 11.7 Å². The van der Waals surface area contributed by atoms with Crippen LogP contribution in [-0.2, 0) is 10.5 Å². The lowest BCUT2D eigenvalue weighted by molar-refractivity contribution is -0.119. The molecule has 0 spiro atoms. The van der Waals surface area contributed by atoms with E-state index in [1.807, 2.05) is 0 Å². The summed E-state index contributed by atoms with van der Waals surface area (Å²) >= 11 is 7.32. The van der Waals surface area contributed by atoms with Crippen molar-refractivity contribution in [1.82, 2.24) is 5.32 Å². The normalized spacial score (nSPS) is 15.7. The Morgan fingerprint density at radius 3 is 2.84 bits per heavy atom. The van der Waals surface area contributed by atoms with E-state index in [2.05, 4.69) is 5.32 Å². The molecule has 1 fully saturated rings. The summed E-state index contributed by atoms with van der Waals surface area (Å²) in [5, 5.41) is 3.43. The third-order valence-electron chi connectivity index (χ3n) is 3.26. The van der Waals surface area contributed by atoms with Crippen LogP contribution in [0.1, 0.15) is 31.2 Å². The van der Waals surface area contributed by atoms with Crippen molar-refractivity contribution in [3.05, 3.63) is 34.6 Å². The van der Waals surface area contributed by atoms with E-state index in [1.165, 1.54) is 30.7 Å². The highest BCUT2D eigenvalue weighted by molar-refractivity contribution is 7.99. The fourth-order valence-corrected chi connectivity index (χ4v) is 3.43. The Morgan fingerprint density at radius 1 is 1.42 bits per heavy atom. The fraction of sp³-hybridized carbons (Fsp3) is 0.500. The van der Waals surface area contributed by atoms with Gasteiger partial charge in [-0.3, -0.25) is 4.79 Å². The van der Waals surface area contributed by atoms with Crippen LogP contribution in [0.15, 0.2) is 18.2 Å². The number of amides is 1. The molecule has 0 aromatic heterocycles. The maximum atomic E-state index is 13.5. The van der Waals surface area contributed by atoms with Crippen molar-refractivity contribution in [3.63, 3.8) is 0 Å². The van der Waals surface area contributed by atoms with Crippen LogP contribution in [0.5, 0.6) is 0 Å². The largest absolute Gasteiger partial charge is 0.353 e. The predicted octanol–water partition coefficient (Wildman–Crippen LogP) is 3.77. The second-order valence-corrected chi connectivity index (χ2v) is 6.13. The van der Waals surface area contributed by atoms with Crippen LogP contribution in [0, 0.1) is 5.82 Å². The Bertz CT molecular complexity index is 429. The standard InChI is InChI=1S/C14H17ClFNOS/c15-12-6-3-7-13(16)11(12)8-19-9-14(18)17-10-4-1-2-5-10/h3,6-7,10H,1-2,4-5,8-9H2,(H,17,18). The molecule has 0 unspecified atom stereocenters. The van der Waals surface area contributed by atoms with Crippen LogP contribution in [0.4, 0.5) is 4.39 Å². The van der Waals surface area contributed by atoms with Crippen LogP contribution in [0.2, 0.25) is 5.02 Å². The van der Waals surface area contributed by atoms with Crippen LogP contribution in [0.25, 0.3) is 0 Å². The second-order valence-electron chi connectivity index (χ2n) is 4.74. The molecule has 1 aliphatic carbocycles. The summed E-state index contributed by atoms with van der Waals surface area (Å²) in [4.78, 5) is 11.7. The van der Waals surface area contributed by atoms with Crippen molar-refractivity contribution in [2.45, 2.75) is 37.5 Å². The number of rotatable bonds is 5. The number of hydrogen-bond acceptors (Lipinski definition) is 2. The molecule has 0 radical (unpaired) electrons. The lowest BCUT2D eigenvalue weighted by Gasteiger charge is -2.11. The van der Waals surface area contributed by atoms with Crippen molar-refractivity contribution in [2.24, 2.45) is 0 Å². The van der Waals surface area contributed by atoms with E-state index in [1.54, 1.807) is 12.1 Å². The minimum Gasteiger partial charge on any atom is -0.353 e. The molecule has 1 N–H and O–H groups in total. The van der Waals surface area contributed by atoms with Crippen LogP contribution in [-0.4, -0.2) is 17.7 Å². The van der Waals surface area contributed by atoms with E-state index >= 15 is 0 Å². The average Bonchev–Trinajstić information content (AvgIpc) is 2.85. The van der Waals surface area contributed by atoms with Gasteiger partial charge in [0.25, 0.3) is 0 Å². The molecule has 0 aliphatic heterocycles. The van der Waals surface area contributed by atoms with Crippen LogP contribution in [0.3, 0.4) is 0 Å². The number of halogens is 2. The number of hydrogen-bond donors (Lipinski definition) is 1. The minimum atomic E-state index is -0.309. The Balaban J connectivity index is 1.75. The van der Waals surface area contributed by atoms with Crippen molar-refractivity contribution >= 4 is 29.3 Å². The van der Waals surface area contributed by atoms with Gasteiger partial charge in [-0.25, -0.2) is 4.39 Å². The van der Waals surface area contributed by atoms with Gasteiger partial charge in [0, 0.05) is 22.4 Å². The molecule has 2 nitrogen and oxygen atoms in total. The molecule has 104 valence electrons. The Morgan fingerprint density at radius 2 is 2.16 bits per heavy atom. The molecule has 1 amide bonds. The molecule has 5 heteroatoms. The van der Waals surface area contributed by atoms with Crippen LogP contribution < -0.4 is 5.32 Å². The van der Waals surface area contributed by atoms with E-state index in [0.29, 0.717) is 28.1 Å². The maximum Gasteiger partial charge on any atom is 0.230 e. The van der Waals surface area contributed by atoms with Gasteiger partial charge in [-0.15, -0.1) is 11.8 Å². The lowest BCUT2D eigenvalue weighted by atomic mass is 10.2. The van der Waals surface area contributed by atoms with Gasteiger partial charge in [0.1, 0.15) is 5.82 Å². The first kappa shape index (κ1) is 14.7. The summed E-state index contributed by atoms with van der Waals surface area (Å²) in [6.45, 7) is 0. The molecule has 0 heterocycles. The molecule has 1 aromatic rings. The zero-order valence-corrected chi connectivity index (χ0v) is 12.2. The number of thioether (sulfide) groups is 1. The Labute approximate surface area is 122 Å². The van der Waals surface area contributed by atoms with Crippen molar-refractivity contribution in [1.29, 1.82) is 0 Å². The molecular weight excluding hydrogens is 285 g/mol. The van der Waals surface area contributed by atoms with Crippen LogP contribution >= 0.6 is 23.4 Å². The molecule has 1 aromatic carbocycles. The minimum absolute atomic E-state index is 0.0318.